The van der Waals surface area contributed by atoms with E-state index < -0.39 is 17.9 Å². The second-order valence-corrected chi connectivity index (χ2v) is 11.5. The van der Waals surface area contributed by atoms with Crippen molar-refractivity contribution in [2.45, 2.75) is 83.7 Å². The van der Waals surface area contributed by atoms with Gasteiger partial charge in [-0.25, -0.2) is 4.79 Å². The van der Waals surface area contributed by atoms with Crippen molar-refractivity contribution >= 4 is 17.7 Å². The van der Waals surface area contributed by atoms with Gasteiger partial charge in [0.15, 0.2) is 28.8 Å². The zero-order chi connectivity index (χ0) is 31.4. The Labute approximate surface area is 258 Å². The molecular formula is C35H41NO8. The number of carbonyl (C=O) groups is 3. The lowest BCUT2D eigenvalue weighted by molar-refractivity contribution is -0.146. The monoisotopic (exact) mass is 603 g/mol. The number of hydrogen-bond donors (Lipinski definition) is 1. The van der Waals surface area contributed by atoms with Crippen molar-refractivity contribution < 1.29 is 38.1 Å². The third kappa shape index (κ3) is 6.47. The Morgan fingerprint density at radius 1 is 0.886 bits per heavy atom. The summed E-state index contributed by atoms with van der Waals surface area (Å²) in [5.41, 5.74) is 4.04. The molecule has 0 spiro atoms. The van der Waals surface area contributed by atoms with E-state index in [1.54, 1.807) is 32.4 Å². The normalized spacial score (nSPS) is 20.4. The molecule has 0 amide bonds. The number of benzene rings is 2. The largest absolute Gasteiger partial charge is 0.493 e. The smallest absolute Gasteiger partial charge is 0.337 e. The van der Waals surface area contributed by atoms with Crippen molar-refractivity contribution in [3.05, 3.63) is 70.1 Å². The lowest BCUT2D eigenvalue weighted by Gasteiger charge is -2.37. The molecule has 1 N–H and O–H groups in total. The molecule has 0 radical (unpaired) electrons. The summed E-state index contributed by atoms with van der Waals surface area (Å²) in [5.74, 6) is 0.155. The third-order valence-corrected chi connectivity index (χ3v) is 8.61. The summed E-state index contributed by atoms with van der Waals surface area (Å²) in [7, 11) is 3.18. The Bertz CT molecular complexity index is 1500. The summed E-state index contributed by atoms with van der Waals surface area (Å²) >= 11 is 0. The number of rotatable bonds is 9. The Morgan fingerprint density at radius 2 is 1.57 bits per heavy atom. The lowest BCUT2D eigenvalue weighted by Crippen LogP contribution is -2.37. The van der Waals surface area contributed by atoms with Crippen LogP contribution in [-0.4, -0.2) is 44.7 Å². The number of dihydropyridines is 1. The maximum absolute atomic E-state index is 14.1. The van der Waals surface area contributed by atoms with Crippen molar-refractivity contribution in [2.24, 2.45) is 0 Å². The van der Waals surface area contributed by atoms with Crippen LogP contribution in [0.4, 0.5) is 0 Å². The van der Waals surface area contributed by atoms with Crippen molar-refractivity contribution in [1.82, 2.24) is 5.32 Å². The van der Waals surface area contributed by atoms with E-state index in [4.69, 9.17) is 23.7 Å². The van der Waals surface area contributed by atoms with Crippen LogP contribution in [0.5, 0.6) is 23.0 Å². The van der Waals surface area contributed by atoms with Gasteiger partial charge < -0.3 is 29.0 Å². The van der Waals surface area contributed by atoms with Crippen LogP contribution >= 0.6 is 0 Å². The molecular weight excluding hydrogens is 562 g/mol. The van der Waals surface area contributed by atoms with Crippen LogP contribution in [0.1, 0.15) is 88.7 Å². The Balaban J connectivity index is 1.57. The minimum Gasteiger partial charge on any atom is -0.493 e. The third-order valence-electron chi connectivity index (χ3n) is 8.61. The molecule has 0 saturated heterocycles. The summed E-state index contributed by atoms with van der Waals surface area (Å²) in [4.78, 5) is 39.8. The molecule has 2 atom stereocenters. The van der Waals surface area contributed by atoms with Gasteiger partial charge in [-0.05, 0) is 87.3 Å². The van der Waals surface area contributed by atoms with Crippen LogP contribution in [0.3, 0.4) is 0 Å². The fourth-order valence-electron chi connectivity index (χ4n) is 6.59. The molecule has 1 aliphatic heterocycles. The summed E-state index contributed by atoms with van der Waals surface area (Å²) in [6.07, 6.45) is 5.55. The highest BCUT2D eigenvalue weighted by molar-refractivity contribution is 6.04. The molecule has 9 heteroatoms. The van der Waals surface area contributed by atoms with E-state index in [2.05, 4.69) is 5.32 Å². The Kier molecular flexibility index (Phi) is 9.61. The summed E-state index contributed by atoms with van der Waals surface area (Å²) in [5, 5.41) is 3.43. The zero-order valence-corrected chi connectivity index (χ0v) is 26.1. The maximum atomic E-state index is 14.1. The molecule has 5 rings (SSSR count). The van der Waals surface area contributed by atoms with Crippen LogP contribution < -0.4 is 24.3 Å². The van der Waals surface area contributed by atoms with Gasteiger partial charge in [0.25, 0.3) is 0 Å². The molecule has 2 aromatic carbocycles. The molecule has 234 valence electrons. The molecule has 1 saturated carbocycles. The van der Waals surface area contributed by atoms with Crippen LogP contribution in [0.25, 0.3) is 0 Å². The van der Waals surface area contributed by atoms with Gasteiger partial charge >= 0.3 is 11.9 Å². The van der Waals surface area contributed by atoms with Gasteiger partial charge in [0.2, 0.25) is 0 Å². The first-order chi connectivity index (χ1) is 21.2. The first kappa shape index (κ1) is 31.2. The molecule has 0 aromatic heterocycles. The van der Waals surface area contributed by atoms with Crippen molar-refractivity contribution in [3.8, 4) is 23.0 Å². The number of ether oxygens (including phenoxy) is 5. The predicted molar refractivity (Wildman–Crippen MR) is 164 cm³/mol. The summed E-state index contributed by atoms with van der Waals surface area (Å²) in [6, 6.07) is 10.9. The van der Waals surface area contributed by atoms with E-state index in [1.807, 2.05) is 32.0 Å². The van der Waals surface area contributed by atoms with E-state index in [-0.39, 0.29) is 30.0 Å². The number of methoxy groups -OCH3 is 2. The number of Topliss-reactive ketones (excluding diaryl/α,β-unsaturated/α-hetero) is 1. The Morgan fingerprint density at radius 3 is 2.25 bits per heavy atom. The van der Waals surface area contributed by atoms with Gasteiger partial charge in [0.05, 0.1) is 26.4 Å². The van der Waals surface area contributed by atoms with Crippen molar-refractivity contribution in [3.63, 3.8) is 0 Å². The minimum absolute atomic E-state index is 0.0546. The minimum atomic E-state index is -0.674. The van der Waals surface area contributed by atoms with E-state index in [9.17, 15) is 14.4 Å². The number of esters is 2. The number of carbonyl (C=O) groups excluding carboxylic acids is 3. The van der Waals surface area contributed by atoms with Crippen LogP contribution in [0.2, 0.25) is 0 Å². The van der Waals surface area contributed by atoms with Gasteiger partial charge in [-0.2, -0.15) is 0 Å². The van der Waals surface area contributed by atoms with Gasteiger partial charge in [-0.15, -0.1) is 0 Å². The molecule has 1 fully saturated rings. The fourth-order valence-corrected chi connectivity index (χ4v) is 6.59. The van der Waals surface area contributed by atoms with Gasteiger partial charge in [0.1, 0.15) is 6.10 Å². The highest BCUT2D eigenvalue weighted by atomic mass is 16.6. The highest BCUT2D eigenvalue weighted by Gasteiger charge is 2.42. The molecule has 2 aliphatic carbocycles. The van der Waals surface area contributed by atoms with E-state index in [0.717, 1.165) is 43.4 Å². The van der Waals surface area contributed by atoms with Crippen molar-refractivity contribution in [1.29, 1.82) is 0 Å². The molecule has 3 aliphatic rings. The first-order valence-electron chi connectivity index (χ1n) is 15.4. The topological polar surface area (TPSA) is 109 Å². The summed E-state index contributed by atoms with van der Waals surface area (Å²) in [6.45, 7) is 5.37. The van der Waals surface area contributed by atoms with E-state index in [0.29, 0.717) is 52.7 Å². The molecule has 0 unspecified atom stereocenters. The number of ketones is 1. The lowest BCUT2D eigenvalue weighted by atomic mass is 9.71. The van der Waals surface area contributed by atoms with E-state index >= 15 is 0 Å². The standard InChI is InChI=1S/C35H41NO8/c1-6-42-31-19-23(13-15-29(31)43-21(3)37)33-32(35(39)44-25-10-8-7-9-11-25)20(2)36-26-16-24(17-27(38)34(26)33)22-12-14-28(40-4)30(18-22)41-5/h12-15,18-19,24-25,33,36H,6-11,16-17H2,1-5H3/t24-,33+/m0/s1. The first-order valence-corrected chi connectivity index (χ1v) is 15.4. The fraction of sp³-hybridized carbons (Fsp3) is 0.457. The van der Waals surface area contributed by atoms with Crippen LogP contribution in [-0.2, 0) is 19.1 Å². The van der Waals surface area contributed by atoms with Gasteiger partial charge in [-0.1, -0.05) is 18.6 Å². The zero-order valence-electron chi connectivity index (χ0n) is 26.1. The SMILES string of the molecule is CCOc1cc([C@@H]2C(C(=O)OC3CCCCC3)=C(C)NC3=C2C(=O)C[C@@H](c2ccc(OC)c(OC)c2)C3)ccc1OC(C)=O. The number of nitrogens with one attached hydrogen (secondary N) is 1. The predicted octanol–water partition coefficient (Wildman–Crippen LogP) is 6.27. The average molecular weight is 604 g/mol. The summed E-state index contributed by atoms with van der Waals surface area (Å²) < 4.78 is 28.2. The van der Waals surface area contributed by atoms with E-state index in [1.165, 1.54) is 6.92 Å². The molecule has 9 nitrogen and oxygen atoms in total. The molecule has 44 heavy (non-hydrogen) atoms. The second-order valence-electron chi connectivity index (χ2n) is 11.5. The molecule has 2 aromatic rings. The molecule has 1 heterocycles. The van der Waals surface area contributed by atoms with Crippen LogP contribution in [0, 0.1) is 0 Å². The number of hydrogen-bond acceptors (Lipinski definition) is 9. The highest BCUT2D eigenvalue weighted by Crippen LogP contribution is 2.48. The number of allylic oxidation sites excluding steroid dienone is 3. The van der Waals surface area contributed by atoms with Gasteiger partial charge in [-0.3, -0.25) is 9.59 Å². The molecule has 0 bridgehead atoms. The maximum Gasteiger partial charge on any atom is 0.337 e. The van der Waals surface area contributed by atoms with Gasteiger partial charge in [0, 0.05) is 36.2 Å². The van der Waals surface area contributed by atoms with Crippen molar-refractivity contribution in [2.75, 3.05) is 20.8 Å². The van der Waals surface area contributed by atoms with Crippen LogP contribution in [0.15, 0.2) is 58.9 Å². The Hall–Kier alpha value is -4.27. The second kappa shape index (κ2) is 13.6. The average Bonchev–Trinajstić information content (AvgIpc) is 3.01. The quantitative estimate of drug-likeness (QED) is 0.262.